The molecule has 2 fully saturated rings. The second-order valence-corrected chi connectivity index (χ2v) is 9.89. The zero-order valence-electron chi connectivity index (χ0n) is 18.5. The van der Waals surface area contributed by atoms with Gasteiger partial charge in [-0.05, 0) is 42.6 Å². The number of β-amino-alcohol motifs (C(OH)–C–C–N with tert-alkyl or cyclic N) is 1. The van der Waals surface area contributed by atoms with E-state index in [1.807, 2.05) is 0 Å². The molecular formula is C24H40ClN2O2-. The molecule has 1 aliphatic heterocycles. The Morgan fingerprint density at radius 2 is 1.55 bits per heavy atom. The van der Waals surface area contributed by atoms with E-state index in [1.165, 1.54) is 18.4 Å². The van der Waals surface area contributed by atoms with Gasteiger partial charge in [0.1, 0.15) is 0 Å². The van der Waals surface area contributed by atoms with Crippen molar-refractivity contribution in [3.63, 3.8) is 0 Å². The van der Waals surface area contributed by atoms with Gasteiger partial charge in [-0.1, -0.05) is 51.1 Å². The topological polar surface area (TPSA) is 35.9 Å². The number of piperazine rings is 1. The standard InChI is InChI=1S/C24H40N2O2.ClH/c1-24(2,3)21-9-11-23(12-10-21)28-19-22(27)18-26-15-13-25(14-16-26)17-20-7-5-4-6-8-20;/h4-8,21-23,27H,9-19H2,1-3H3;1H/p-1. The van der Waals surface area contributed by atoms with Crippen molar-refractivity contribution in [1.82, 2.24) is 9.80 Å². The van der Waals surface area contributed by atoms with Crippen LogP contribution in [0.5, 0.6) is 0 Å². The highest BCUT2D eigenvalue weighted by Gasteiger charge is 2.30. The van der Waals surface area contributed by atoms with Crippen molar-refractivity contribution < 1.29 is 22.3 Å². The van der Waals surface area contributed by atoms with E-state index in [-0.39, 0.29) is 18.5 Å². The number of hydrogen-bond donors (Lipinski definition) is 1. The molecule has 1 aromatic carbocycles. The van der Waals surface area contributed by atoms with Crippen molar-refractivity contribution in [2.75, 3.05) is 39.3 Å². The third-order valence-corrected chi connectivity index (χ3v) is 6.61. The summed E-state index contributed by atoms with van der Waals surface area (Å²) in [6.45, 7) is 13.5. The molecule has 3 rings (SSSR count). The summed E-state index contributed by atoms with van der Waals surface area (Å²) in [5, 5.41) is 10.4. The van der Waals surface area contributed by atoms with E-state index in [1.54, 1.807) is 0 Å². The molecule has 1 atom stereocenters. The van der Waals surface area contributed by atoms with Crippen molar-refractivity contribution in [3.05, 3.63) is 35.9 Å². The van der Waals surface area contributed by atoms with E-state index in [9.17, 15) is 5.11 Å². The van der Waals surface area contributed by atoms with Gasteiger partial charge in [0.05, 0.1) is 18.8 Å². The number of nitrogens with zero attached hydrogens (tertiary/aromatic N) is 2. The van der Waals surface area contributed by atoms with E-state index in [4.69, 9.17) is 4.74 Å². The summed E-state index contributed by atoms with van der Waals surface area (Å²) in [5.74, 6) is 0.810. The molecule has 1 unspecified atom stereocenters. The lowest BCUT2D eigenvalue weighted by atomic mass is 9.72. The minimum atomic E-state index is -0.374. The maximum absolute atomic E-state index is 10.4. The number of aliphatic hydroxyl groups is 1. The van der Waals surface area contributed by atoms with Gasteiger partial charge in [-0.2, -0.15) is 0 Å². The van der Waals surface area contributed by atoms with Crippen molar-refractivity contribution >= 4 is 0 Å². The zero-order chi connectivity index (χ0) is 20.0. The fraction of sp³-hybridized carbons (Fsp3) is 0.750. The quantitative estimate of drug-likeness (QED) is 0.703. The minimum Gasteiger partial charge on any atom is -1.00 e. The van der Waals surface area contributed by atoms with Gasteiger partial charge < -0.3 is 22.3 Å². The monoisotopic (exact) mass is 423 g/mol. The molecule has 0 amide bonds. The molecule has 0 aromatic heterocycles. The van der Waals surface area contributed by atoms with E-state index in [0.29, 0.717) is 18.1 Å². The molecule has 1 N–H and O–H groups in total. The Morgan fingerprint density at radius 3 is 2.14 bits per heavy atom. The van der Waals surface area contributed by atoms with Gasteiger partial charge in [-0.3, -0.25) is 9.80 Å². The highest BCUT2D eigenvalue weighted by atomic mass is 35.5. The molecule has 1 saturated heterocycles. The van der Waals surface area contributed by atoms with Gasteiger partial charge >= 0.3 is 0 Å². The first-order valence-corrected chi connectivity index (χ1v) is 11.2. The molecule has 0 radical (unpaired) electrons. The molecule has 0 bridgehead atoms. The first kappa shape index (κ1) is 24.6. The SMILES string of the molecule is CC(C)(C)C1CCC(OCC(O)CN2CCN(Cc3ccccc3)CC2)CC1.[Cl-]. The van der Waals surface area contributed by atoms with E-state index in [0.717, 1.165) is 58.0 Å². The Hall–Kier alpha value is -0.650. The van der Waals surface area contributed by atoms with Crippen molar-refractivity contribution in [2.45, 2.75) is 65.2 Å². The first-order chi connectivity index (χ1) is 13.4. The van der Waals surface area contributed by atoms with Crippen LogP contribution < -0.4 is 12.4 Å². The normalized spacial score (nSPS) is 25.4. The third kappa shape index (κ3) is 8.18. The molecule has 0 spiro atoms. The summed E-state index contributed by atoms with van der Waals surface area (Å²) in [4.78, 5) is 4.88. The van der Waals surface area contributed by atoms with Crippen LogP contribution in [0.1, 0.15) is 52.0 Å². The van der Waals surface area contributed by atoms with Crippen LogP contribution in [0.4, 0.5) is 0 Å². The summed E-state index contributed by atoms with van der Waals surface area (Å²) in [7, 11) is 0. The zero-order valence-corrected chi connectivity index (χ0v) is 19.3. The van der Waals surface area contributed by atoms with Crippen LogP contribution in [0.15, 0.2) is 30.3 Å². The Kier molecular flexibility index (Phi) is 9.90. The molecule has 1 aliphatic carbocycles. The number of aliphatic hydroxyl groups excluding tert-OH is 1. The van der Waals surface area contributed by atoms with Gasteiger partial charge in [0.2, 0.25) is 0 Å². The Balaban J connectivity index is 0.00000300. The van der Waals surface area contributed by atoms with Crippen molar-refractivity contribution in [2.24, 2.45) is 11.3 Å². The van der Waals surface area contributed by atoms with Crippen molar-refractivity contribution in [1.29, 1.82) is 0 Å². The maximum atomic E-state index is 10.4. The Morgan fingerprint density at radius 1 is 0.966 bits per heavy atom. The second kappa shape index (κ2) is 11.7. The first-order valence-electron chi connectivity index (χ1n) is 11.2. The summed E-state index contributed by atoms with van der Waals surface area (Å²) < 4.78 is 6.06. The van der Waals surface area contributed by atoms with E-state index < -0.39 is 0 Å². The molecule has 2 aliphatic rings. The fourth-order valence-corrected chi connectivity index (χ4v) is 4.67. The smallest absolute Gasteiger partial charge is 0.0900 e. The summed E-state index contributed by atoms with van der Waals surface area (Å²) in [5.41, 5.74) is 1.79. The van der Waals surface area contributed by atoms with Gasteiger partial charge in [0, 0.05) is 39.3 Å². The highest BCUT2D eigenvalue weighted by Crippen LogP contribution is 2.38. The van der Waals surface area contributed by atoms with Gasteiger partial charge in [-0.15, -0.1) is 0 Å². The van der Waals surface area contributed by atoms with Crippen LogP contribution in [0.3, 0.4) is 0 Å². The number of hydrogen-bond acceptors (Lipinski definition) is 4. The number of halogens is 1. The van der Waals surface area contributed by atoms with E-state index in [2.05, 4.69) is 60.9 Å². The van der Waals surface area contributed by atoms with Gasteiger partial charge in [0.25, 0.3) is 0 Å². The molecule has 4 nitrogen and oxygen atoms in total. The number of rotatable bonds is 7. The van der Waals surface area contributed by atoms with Crippen LogP contribution >= 0.6 is 0 Å². The van der Waals surface area contributed by atoms with Crippen LogP contribution in [-0.4, -0.2) is 66.4 Å². The summed E-state index contributed by atoms with van der Waals surface area (Å²) in [6, 6.07) is 10.7. The third-order valence-electron chi connectivity index (χ3n) is 6.61. The van der Waals surface area contributed by atoms with Crippen LogP contribution in [0, 0.1) is 11.3 Å². The van der Waals surface area contributed by atoms with Crippen molar-refractivity contribution in [3.8, 4) is 0 Å². The highest BCUT2D eigenvalue weighted by molar-refractivity contribution is 5.14. The Bertz CT molecular complexity index is 562. The lowest BCUT2D eigenvalue weighted by molar-refractivity contribution is -0.0473. The molecule has 1 saturated carbocycles. The Labute approximate surface area is 184 Å². The predicted molar refractivity (Wildman–Crippen MR) is 115 cm³/mol. The molecule has 1 aromatic rings. The second-order valence-electron chi connectivity index (χ2n) is 9.89. The van der Waals surface area contributed by atoms with E-state index >= 15 is 0 Å². The largest absolute Gasteiger partial charge is 1.00 e. The molecule has 1 heterocycles. The number of benzene rings is 1. The van der Waals surface area contributed by atoms with Crippen LogP contribution in [0.2, 0.25) is 0 Å². The fourth-order valence-electron chi connectivity index (χ4n) is 4.67. The predicted octanol–water partition coefficient (Wildman–Crippen LogP) is 0.791. The summed E-state index contributed by atoms with van der Waals surface area (Å²) in [6.07, 6.45) is 4.78. The lowest BCUT2D eigenvalue weighted by Gasteiger charge is -2.37. The molecule has 29 heavy (non-hydrogen) atoms. The molecular weight excluding hydrogens is 384 g/mol. The molecule has 5 heteroatoms. The summed E-state index contributed by atoms with van der Waals surface area (Å²) >= 11 is 0. The lowest BCUT2D eigenvalue weighted by Crippen LogP contribution is -3.00. The van der Waals surface area contributed by atoms with Gasteiger partial charge in [-0.25, -0.2) is 0 Å². The van der Waals surface area contributed by atoms with Gasteiger partial charge in [0.15, 0.2) is 0 Å². The van der Waals surface area contributed by atoms with Crippen LogP contribution in [0.25, 0.3) is 0 Å². The molecule has 166 valence electrons. The average molecular weight is 424 g/mol. The van der Waals surface area contributed by atoms with Crippen LogP contribution in [-0.2, 0) is 11.3 Å². The average Bonchev–Trinajstić information content (AvgIpc) is 2.68. The maximum Gasteiger partial charge on any atom is 0.0900 e. The minimum absolute atomic E-state index is 0. The number of ether oxygens (including phenoxy) is 1.